The van der Waals surface area contributed by atoms with Crippen LogP contribution in [0.2, 0.25) is 0 Å². The van der Waals surface area contributed by atoms with E-state index in [1.165, 1.54) is 6.07 Å². The molecule has 0 saturated heterocycles. The highest BCUT2D eigenvalue weighted by molar-refractivity contribution is 8.00. The van der Waals surface area contributed by atoms with Crippen LogP contribution in [0.5, 0.6) is 0 Å². The molecule has 0 fully saturated rings. The first kappa shape index (κ1) is 14.4. The molecule has 4 heteroatoms. The Labute approximate surface area is 92.9 Å². The molecule has 0 spiro atoms. The smallest absolute Gasteiger partial charge is 0.160 e. The van der Waals surface area contributed by atoms with Crippen molar-refractivity contribution in [2.75, 3.05) is 0 Å². The molecule has 0 aliphatic carbocycles. The van der Waals surface area contributed by atoms with Crippen molar-refractivity contribution in [1.82, 2.24) is 0 Å². The summed E-state index contributed by atoms with van der Waals surface area (Å²) in [6.45, 7) is 5.91. The summed E-state index contributed by atoms with van der Waals surface area (Å²) in [6.07, 6.45) is 0.756. The minimum Gasteiger partial charge on any atom is -0.160 e. The number of benzene rings is 1. The van der Waals surface area contributed by atoms with Gasteiger partial charge in [-0.1, -0.05) is 32.9 Å². The van der Waals surface area contributed by atoms with Gasteiger partial charge in [0.05, 0.1) is 0 Å². The third kappa shape index (κ3) is 6.44. The second kappa shape index (κ2) is 6.77. The molecule has 0 radical (unpaired) electrons. The van der Waals surface area contributed by atoms with Gasteiger partial charge in [-0.15, -0.1) is 0 Å². The van der Waals surface area contributed by atoms with Gasteiger partial charge in [0, 0.05) is 4.90 Å². The van der Waals surface area contributed by atoms with E-state index in [1.807, 2.05) is 26.8 Å². The highest BCUT2D eigenvalue weighted by Crippen LogP contribution is 2.36. The van der Waals surface area contributed by atoms with E-state index < -0.39 is 5.51 Å². The average Bonchev–Trinajstić information content (AvgIpc) is 2.19. The Morgan fingerprint density at radius 3 is 2.27 bits per heavy atom. The molecular weight excluding hydrogens is 221 g/mol. The van der Waals surface area contributed by atoms with E-state index >= 15 is 0 Å². The molecule has 86 valence electrons. The van der Waals surface area contributed by atoms with Crippen molar-refractivity contribution >= 4 is 11.8 Å². The molecule has 15 heavy (non-hydrogen) atoms. The van der Waals surface area contributed by atoms with Crippen molar-refractivity contribution in [2.45, 2.75) is 37.6 Å². The Kier molecular flexibility index (Phi) is 6.48. The lowest BCUT2D eigenvalue weighted by atomic mass is 10.2. The second-order valence-corrected chi connectivity index (χ2v) is 3.69. The van der Waals surface area contributed by atoms with Gasteiger partial charge in [0.2, 0.25) is 0 Å². The highest BCUT2D eigenvalue weighted by Gasteiger charge is 2.28. The number of alkyl halides is 3. The topological polar surface area (TPSA) is 0 Å². The Balaban J connectivity index is 0.000000921. The molecule has 0 saturated carbocycles. The molecule has 0 aliphatic heterocycles. The van der Waals surface area contributed by atoms with Crippen LogP contribution in [0.25, 0.3) is 0 Å². The van der Waals surface area contributed by atoms with Crippen LogP contribution >= 0.6 is 11.8 Å². The first-order chi connectivity index (χ1) is 7.01. The van der Waals surface area contributed by atoms with Crippen LogP contribution in [0.3, 0.4) is 0 Å². The van der Waals surface area contributed by atoms with Gasteiger partial charge in [0.15, 0.2) is 0 Å². The minimum atomic E-state index is -4.19. The van der Waals surface area contributed by atoms with Crippen LogP contribution in [0.4, 0.5) is 13.2 Å². The summed E-state index contributed by atoms with van der Waals surface area (Å²) < 4.78 is 35.8. The fraction of sp³-hybridized carbons (Fsp3) is 0.455. The van der Waals surface area contributed by atoms with E-state index in [0.29, 0.717) is 0 Å². The molecule has 0 bridgehead atoms. The van der Waals surface area contributed by atoms with E-state index in [0.717, 1.165) is 12.0 Å². The lowest BCUT2D eigenvalue weighted by Crippen LogP contribution is -1.99. The van der Waals surface area contributed by atoms with Gasteiger partial charge < -0.3 is 0 Å². The van der Waals surface area contributed by atoms with E-state index in [-0.39, 0.29) is 16.7 Å². The van der Waals surface area contributed by atoms with Crippen molar-refractivity contribution in [3.05, 3.63) is 29.8 Å². The maximum atomic E-state index is 11.9. The monoisotopic (exact) mass is 236 g/mol. The van der Waals surface area contributed by atoms with Crippen molar-refractivity contribution in [1.29, 1.82) is 0 Å². The Bertz CT molecular complexity index is 281. The largest absolute Gasteiger partial charge is 0.446 e. The fourth-order valence-electron chi connectivity index (χ4n) is 0.963. The third-order valence-electron chi connectivity index (χ3n) is 1.54. The molecule has 0 aromatic heterocycles. The van der Waals surface area contributed by atoms with Crippen LogP contribution in [-0.2, 0) is 6.42 Å². The lowest BCUT2D eigenvalue weighted by molar-refractivity contribution is -0.0328. The number of rotatable bonds is 2. The zero-order valence-corrected chi connectivity index (χ0v) is 9.88. The lowest BCUT2D eigenvalue weighted by Gasteiger charge is -2.06. The van der Waals surface area contributed by atoms with Crippen molar-refractivity contribution in [3.63, 3.8) is 0 Å². The van der Waals surface area contributed by atoms with E-state index in [2.05, 4.69) is 0 Å². The SMILES string of the molecule is CC.CCc1cccc(SC(F)(F)F)c1. The van der Waals surface area contributed by atoms with Crippen LogP contribution in [0.15, 0.2) is 29.2 Å². The summed E-state index contributed by atoms with van der Waals surface area (Å²) >= 11 is -0.0697. The molecule has 1 rings (SSSR count). The van der Waals surface area contributed by atoms with Crippen LogP contribution < -0.4 is 0 Å². The summed E-state index contributed by atoms with van der Waals surface area (Å²) in [5.41, 5.74) is -3.26. The molecule has 0 heterocycles. The van der Waals surface area contributed by atoms with Crippen molar-refractivity contribution in [3.8, 4) is 0 Å². The van der Waals surface area contributed by atoms with E-state index in [9.17, 15) is 13.2 Å². The molecular formula is C11H15F3S. The number of hydrogen-bond donors (Lipinski definition) is 0. The van der Waals surface area contributed by atoms with Gasteiger partial charge in [0.25, 0.3) is 0 Å². The second-order valence-electron chi connectivity index (χ2n) is 2.55. The molecule has 0 amide bonds. The molecule has 0 N–H and O–H groups in total. The van der Waals surface area contributed by atoms with Gasteiger partial charge in [0.1, 0.15) is 0 Å². The van der Waals surface area contributed by atoms with Crippen molar-refractivity contribution < 1.29 is 13.2 Å². The van der Waals surface area contributed by atoms with Crippen LogP contribution in [0.1, 0.15) is 26.3 Å². The Morgan fingerprint density at radius 1 is 1.20 bits per heavy atom. The summed E-state index contributed by atoms with van der Waals surface area (Å²) in [7, 11) is 0. The van der Waals surface area contributed by atoms with Crippen LogP contribution in [-0.4, -0.2) is 5.51 Å². The van der Waals surface area contributed by atoms with Gasteiger partial charge in [-0.3, -0.25) is 0 Å². The maximum Gasteiger partial charge on any atom is 0.446 e. The number of thioether (sulfide) groups is 1. The van der Waals surface area contributed by atoms with Gasteiger partial charge >= 0.3 is 5.51 Å². The zero-order chi connectivity index (χ0) is 11.9. The molecule has 0 unspecified atom stereocenters. The van der Waals surface area contributed by atoms with E-state index in [1.54, 1.807) is 12.1 Å². The van der Waals surface area contributed by atoms with E-state index in [4.69, 9.17) is 0 Å². The predicted octanol–water partition coefficient (Wildman–Crippen LogP) is 4.89. The number of hydrogen-bond acceptors (Lipinski definition) is 1. The molecule has 0 nitrogen and oxygen atoms in total. The Hall–Kier alpha value is -0.640. The van der Waals surface area contributed by atoms with Gasteiger partial charge in [-0.2, -0.15) is 13.2 Å². The third-order valence-corrected chi connectivity index (χ3v) is 2.26. The first-order valence-corrected chi connectivity index (χ1v) is 5.67. The molecule has 1 aromatic rings. The van der Waals surface area contributed by atoms with Gasteiger partial charge in [-0.25, -0.2) is 0 Å². The zero-order valence-electron chi connectivity index (χ0n) is 9.06. The summed E-state index contributed by atoms with van der Waals surface area (Å²) in [4.78, 5) is 0.256. The quantitative estimate of drug-likeness (QED) is 0.659. The molecule has 0 aliphatic rings. The van der Waals surface area contributed by atoms with Crippen LogP contribution in [0, 0.1) is 0 Å². The Morgan fingerprint density at radius 2 is 1.80 bits per heavy atom. The summed E-state index contributed by atoms with van der Waals surface area (Å²) in [5.74, 6) is 0. The summed E-state index contributed by atoms with van der Waals surface area (Å²) in [6, 6.07) is 6.50. The summed E-state index contributed by atoms with van der Waals surface area (Å²) in [5, 5.41) is 0. The number of halogens is 3. The first-order valence-electron chi connectivity index (χ1n) is 4.86. The fourth-order valence-corrected chi connectivity index (χ4v) is 1.59. The predicted molar refractivity (Wildman–Crippen MR) is 59.1 cm³/mol. The minimum absolute atomic E-state index is 0.0697. The van der Waals surface area contributed by atoms with Crippen molar-refractivity contribution in [2.24, 2.45) is 0 Å². The average molecular weight is 236 g/mol. The molecule has 0 atom stereocenters. The molecule has 1 aromatic carbocycles. The highest BCUT2D eigenvalue weighted by atomic mass is 32.2. The normalized spacial score (nSPS) is 10.5. The number of aryl methyl sites for hydroxylation is 1. The standard InChI is InChI=1S/C9H9F3S.C2H6/c1-2-7-4-3-5-8(6-7)13-9(10,11)12;1-2/h3-6H,2H2,1H3;1-2H3. The van der Waals surface area contributed by atoms with Gasteiger partial charge in [-0.05, 0) is 35.9 Å². The maximum absolute atomic E-state index is 11.9.